The Balaban J connectivity index is 5.13. The maximum Gasteiger partial charge on any atom is 0.472 e. The molecule has 93 heavy (non-hydrogen) atoms. The summed E-state index contributed by atoms with van der Waals surface area (Å²) in [4.78, 5) is 72.4. The van der Waals surface area contributed by atoms with Crippen LogP contribution in [0.25, 0.3) is 0 Å². The number of phosphoric ester groups is 2. The van der Waals surface area contributed by atoms with Crippen molar-refractivity contribution in [3.05, 3.63) is 0 Å². The predicted molar refractivity (Wildman–Crippen MR) is 377 cm³/mol. The summed E-state index contributed by atoms with van der Waals surface area (Å²) in [6.45, 7) is 11.8. The van der Waals surface area contributed by atoms with E-state index in [2.05, 4.69) is 48.5 Å². The van der Waals surface area contributed by atoms with E-state index in [4.69, 9.17) is 37.0 Å². The summed E-state index contributed by atoms with van der Waals surface area (Å²) in [5, 5.41) is 10.6. The Kier molecular flexibility index (Phi) is 63.4. The van der Waals surface area contributed by atoms with Crippen LogP contribution in [0.1, 0.15) is 376 Å². The Morgan fingerprint density at radius 1 is 0.312 bits per heavy atom. The predicted octanol–water partition coefficient (Wildman–Crippen LogP) is 21.4. The van der Waals surface area contributed by atoms with Gasteiger partial charge in [-0.1, -0.05) is 325 Å². The minimum Gasteiger partial charge on any atom is -0.462 e. The van der Waals surface area contributed by atoms with Gasteiger partial charge >= 0.3 is 39.5 Å². The minimum atomic E-state index is -4.95. The third-order valence-electron chi connectivity index (χ3n) is 17.5. The number of carbonyl (C=O) groups excluding carboxylic acids is 4. The molecule has 0 aliphatic rings. The molecule has 0 aliphatic carbocycles. The first-order valence-corrected chi connectivity index (χ1v) is 41.4. The van der Waals surface area contributed by atoms with E-state index in [1.807, 2.05) is 0 Å². The number of esters is 4. The minimum absolute atomic E-state index is 0.104. The Hall–Kier alpha value is -1.94. The summed E-state index contributed by atoms with van der Waals surface area (Å²) in [7, 11) is -9.90. The zero-order chi connectivity index (χ0) is 68.7. The molecule has 0 saturated carbocycles. The lowest BCUT2D eigenvalue weighted by Gasteiger charge is -2.21. The smallest absolute Gasteiger partial charge is 0.462 e. The van der Waals surface area contributed by atoms with Crippen LogP contribution in [-0.4, -0.2) is 96.7 Å². The van der Waals surface area contributed by atoms with E-state index >= 15 is 0 Å². The van der Waals surface area contributed by atoms with Gasteiger partial charge in [-0.05, 0) is 43.4 Å². The molecule has 552 valence electrons. The monoisotopic (exact) mass is 1370 g/mol. The van der Waals surface area contributed by atoms with Gasteiger partial charge in [0.1, 0.15) is 19.3 Å². The van der Waals surface area contributed by atoms with Gasteiger partial charge in [0, 0.05) is 25.7 Å². The second-order valence-electron chi connectivity index (χ2n) is 27.9. The molecule has 17 nitrogen and oxygen atoms in total. The summed E-state index contributed by atoms with van der Waals surface area (Å²) in [6, 6.07) is 0. The van der Waals surface area contributed by atoms with Gasteiger partial charge < -0.3 is 33.8 Å². The van der Waals surface area contributed by atoms with E-state index in [1.165, 1.54) is 180 Å². The van der Waals surface area contributed by atoms with Crippen LogP contribution in [-0.2, 0) is 65.4 Å². The highest BCUT2D eigenvalue weighted by Crippen LogP contribution is 2.45. The number of aliphatic hydroxyl groups is 1. The molecule has 0 aliphatic heterocycles. The zero-order valence-corrected chi connectivity index (χ0v) is 62.5. The number of unbranched alkanes of at least 4 members (excludes halogenated alkanes) is 39. The zero-order valence-electron chi connectivity index (χ0n) is 60.7. The molecule has 0 radical (unpaired) electrons. The highest BCUT2D eigenvalue weighted by Gasteiger charge is 2.30. The molecular weight excluding hydrogens is 1220 g/mol. The SMILES string of the molecule is CCCCCCCC(=O)OC[C@H](COP(=O)(O)OC[C@H](O)COP(=O)(O)OC[C@@H](COC(=O)CCCCCCCCCCCCCCC(C)C)OC(=O)CCCCCCCCCCCCCCCCCCCCC(C)C)OC(=O)CCCCCCCCCCC(C)CC. The van der Waals surface area contributed by atoms with E-state index in [1.54, 1.807) is 0 Å². The number of carbonyl (C=O) groups is 4. The molecule has 3 unspecified atom stereocenters. The van der Waals surface area contributed by atoms with Gasteiger partial charge in [-0.3, -0.25) is 37.3 Å². The quantitative estimate of drug-likeness (QED) is 0.0222. The van der Waals surface area contributed by atoms with Crippen LogP contribution in [0.3, 0.4) is 0 Å². The number of ether oxygens (including phenoxy) is 4. The third kappa shape index (κ3) is 67.0. The Morgan fingerprint density at radius 2 is 0.548 bits per heavy atom. The van der Waals surface area contributed by atoms with Gasteiger partial charge in [0.25, 0.3) is 0 Å². The molecule has 0 rings (SSSR count). The van der Waals surface area contributed by atoms with E-state index in [0.29, 0.717) is 25.7 Å². The van der Waals surface area contributed by atoms with E-state index in [9.17, 15) is 43.2 Å². The molecule has 0 aromatic rings. The summed E-state index contributed by atoms with van der Waals surface area (Å²) in [5.41, 5.74) is 0. The van der Waals surface area contributed by atoms with Crippen LogP contribution in [0.15, 0.2) is 0 Å². The molecule has 0 aromatic heterocycles. The van der Waals surface area contributed by atoms with Crippen LogP contribution in [0.5, 0.6) is 0 Å². The van der Waals surface area contributed by atoms with Crippen LogP contribution < -0.4 is 0 Å². The Labute approximate surface area is 568 Å². The highest BCUT2D eigenvalue weighted by atomic mass is 31.2. The molecule has 0 aromatic carbocycles. The van der Waals surface area contributed by atoms with Crippen molar-refractivity contribution in [2.45, 2.75) is 394 Å². The van der Waals surface area contributed by atoms with Crippen molar-refractivity contribution in [2.75, 3.05) is 39.6 Å². The van der Waals surface area contributed by atoms with Gasteiger partial charge in [0.05, 0.1) is 26.4 Å². The van der Waals surface area contributed by atoms with Gasteiger partial charge in [0.2, 0.25) is 0 Å². The molecule has 0 bridgehead atoms. The first-order chi connectivity index (χ1) is 44.8. The molecule has 0 heterocycles. The van der Waals surface area contributed by atoms with E-state index in [0.717, 1.165) is 114 Å². The fourth-order valence-electron chi connectivity index (χ4n) is 11.2. The van der Waals surface area contributed by atoms with Crippen LogP contribution >= 0.6 is 15.6 Å². The molecule has 6 atom stereocenters. The topological polar surface area (TPSA) is 237 Å². The number of aliphatic hydroxyl groups excluding tert-OH is 1. The Morgan fingerprint density at radius 3 is 0.817 bits per heavy atom. The lowest BCUT2D eigenvalue weighted by Crippen LogP contribution is -2.30. The standard InChI is InChI=1S/C74H144O17P2/c1-8-10-11-38-48-55-71(76)84-61-69(90-74(79)58-51-44-37-31-30-34-41-47-54-67(7)9-2)63-88-92(80,81)86-59-68(75)60-87-93(82,83)89-64-70(62-85-72(77)56-49-42-35-28-24-21-20-23-27-33-40-46-53-66(5)6)91-73(78)57-50-43-36-29-25-19-17-15-13-12-14-16-18-22-26-32-39-45-52-65(3)4/h65-70,75H,8-64H2,1-7H3,(H,80,81)(H,82,83)/t67?,68-,69+,70+/m0/s1. The second-order valence-corrected chi connectivity index (χ2v) is 30.8. The second kappa shape index (κ2) is 64.7. The van der Waals surface area contributed by atoms with Crippen molar-refractivity contribution in [3.8, 4) is 0 Å². The number of phosphoric acid groups is 2. The summed E-state index contributed by atoms with van der Waals surface area (Å²) >= 11 is 0. The molecule has 0 fully saturated rings. The van der Waals surface area contributed by atoms with Crippen molar-refractivity contribution in [1.29, 1.82) is 0 Å². The number of hydrogen-bond donors (Lipinski definition) is 3. The largest absolute Gasteiger partial charge is 0.472 e. The van der Waals surface area contributed by atoms with Crippen molar-refractivity contribution in [2.24, 2.45) is 17.8 Å². The van der Waals surface area contributed by atoms with Gasteiger partial charge in [-0.25, -0.2) is 9.13 Å². The lowest BCUT2D eigenvalue weighted by molar-refractivity contribution is -0.161. The number of hydrogen-bond acceptors (Lipinski definition) is 15. The molecule has 3 N–H and O–H groups in total. The maximum atomic E-state index is 13.1. The summed E-state index contributed by atoms with van der Waals surface area (Å²) < 4.78 is 68.2. The van der Waals surface area contributed by atoms with Gasteiger partial charge in [-0.2, -0.15) is 0 Å². The fourth-order valence-corrected chi connectivity index (χ4v) is 12.8. The average molecular weight is 1370 g/mol. The van der Waals surface area contributed by atoms with Crippen LogP contribution in [0.4, 0.5) is 0 Å². The Bertz CT molecular complexity index is 1820. The lowest BCUT2D eigenvalue weighted by atomic mass is 9.99. The fraction of sp³-hybridized carbons (Fsp3) is 0.946. The number of rotatable bonds is 72. The van der Waals surface area contributed by atoms with Crippen LogP contribution in [0, 0.1) is 17.8 Å². The van der Waals surface area contributed by atoms with Gasteiger partial charge in [-0.15, -0.1) is 0 Å². The first kappa shape index (κ1) is 91.1. The summed E-state index contributed by atoms with van der Waals surface area (Å²) in [5.74, 6) is 0.239. The van der Waals surface area contributed by atoms with E-state index in [-0.39, 0.29) is 25.7 Å². The van der Waals surface area contributed by atoms with Gasteiger partial charge in [0.15, 0.2) is 12.2 Å². The van der Waals surface area contributed by atoms with Crippen molar-refractivity contribution in [1.82, 2.24) is 0 Å². The summed E-state index contributed by atoms with van der Waals surface area (Å²) in [6.07, 6.45) is 50.4. The maximum absolute atomic E-state index is 13.1. The highest BCUT2D eigenvalue weighted by molar-refractivity contribution is 7.47. The first-order valence-electron chi connectivity index (χ1n) is 38.4. The molecule has 0 amide bonds. The van der Waals surface area contributed by atoms with Crippen LogP contribution in [0.2, 0.25) is 0 Å². The van der Waals surface area contributed by atoms with Crippen molar-refractivity contribution in [3.63, 3.8) is 0 Å². The van der Waals surface area contributed by atoms with Crippen molar-refractivity contribution < 1.29 is 80.2 Å². The third-order valence-corrected chi connectivity index (χ3v) is 19.4. The average Bonchev–Trinajstić information content (AvgIpc) is 2.23. The molecular formula is C74H144O17P2. The molecule has 0 spiro atoms. The van der Waals surface area contributed by atoms with E-state index < -0.39 is 97.5 Å². The molecule has 19 heteroatoms. The van der Waals surface area contributed by atoms with Crippen molar-refractivity contribution >= 4 is 39.5 Å². The molecule has 0 saturated heterocycles. The normalized spacial score (nSPS) is 14.4.